The molecule has 234 valence electrons. The number of pyridine rings is 1. The second-order valence-electron chi connectivity index (χ2n) is 13.0. The van der Waals surface area contributed by atoms with Crippen LogP contribution in [0.15, 0.2) is 158 Å². The Morgan fingerprint density at radius 3 is 1.67 bits per heavy atom. The fraction of sp³-hybridized carbons (Fsp3) is 0. The van der Waals surface area contributed by atoms with E-state index in [4.69, 9.17) is 4.98 Å². The number of rotatable bonds is 3. The van der Waals surface area contributed by atoms with Crippen LogP contribution in [0.5, 0.6) is 0 Å². The molecule has 0 atom stereocenters. The molecule has 0 unspecified atom stereocenters. The van der Waals surface area contributed by atoms with Gasteiger partial charge in [0.25, 0.3) is 0 Å². The normalized spacial score (nSPS) is 11.5. The topological polar surface area (TPSA) is 65.4 Å². The predicted octanol–water partition coefficient (Wildman–Crippen LogP) is 11.9. The molecule has 10 rings (SSSR count). The number of benzene rings is 8. The lowest BCUT2D eigenvalue weighted by Gasteiger charge is -2.17. The maximum atomic E-state index is 9.78. The van der Waals surface area contributed by atoms with E-state index in [0.29, 0.717) is 11.1 Å². The smallest absolute Gasteiger partial charge is 0.0991 e. The molecule has 8 aromatic carbocycles. The average Bonchev–Trinajstić information content (AvgIpc) is 3.53. The summed E-state index contributed by atoms with van der Waals surface area (Å²) in [7, 11) is 0. The van der Waals surface area contributed by atoms with Crippen LogP contribution in [0.3, 0.4) is 0 Å². The van der Waals surface area contributed by atoms with Gasteiger partial charge in [-0.2, -0.15) is 10.5 Å². The summed E-state index contributed by atoms with van der Waals surface area (Å²) in [6.45, 7) is 0. The number of fused-ring (bicyclic) bond motifs is 11. The van der Waals surface area contributed by atoms with E-state index >= 15 is 0 Å². The Bertz CT molecular complexity index is 3140. The highest BCUT2D eigenvalue weighted by Gasteiger charge is 2.19. The summed E-state index contributed by atoms with van der Waals surface area (Å²) in [4.78, 5) is 5.43. The fourth-order valence-electron chi connectivity index (χ4n) is 7.90. The molecular weight excluding hydrogens is 621 g/mol. The molecule has 0 aliphatic rings. The van der Waals surface area contributed by atoms with Crippen molar-refractivity contribution in [3.05, 3.63) is 169 Å². The van der Waals surface area contributed by atoms with Crippen molar-refractivity contribution in [1.29, 1.82) is 10.5 Å². The van der Waals surface area contributed by atoms with Gasteiger partial charge in [-0.3, -0.25) is 0 Å². The molecule has 0 aliphatic carbocycles. The van der Waals surface area contributed by atoms with Gasteiger partial charge in [-0.05, 0) is 93.3 Å². The minimum atomic E-state index is 0.618. The van der Waals surface area contributed by atoms with Gasteiger partial charge in [-0.1, -0.05) is 97.1 Å². The molecular formula is C47H26N4. The summed E-state index contributed by atoms with van der Waals surface area (Å²) in [5.74, 6) is 0. The van der Waals surface area contributed by atoms with E-state index in [-0.39, 0.29) is 0 Å². The Morgan fingerprint density at radius 2 is 0.961 bits per heavy atom. The summed E-state index contributed by atoms with van der Waals surface area (Å²) in [5.41, 5.74) is 9.37. The minimum Gasteiger partial charge on any atom is -0.309 e. The van der Waals surface area contributed by atoms with Gasteiger partial charge in [0.15, 0.2) is 0 Å². The molecule has 0 saturated heterocycles. The molecule has 2 heterocycles. The molecule has 0 bridgehead atoms. The van der Waals surface area contributed by atoms with Gasteiger partial charge >= 0.3 is 0 Å². The van der Waals surface area contributed by atoms with Crippen LogP contribution in [0.4, 0.5) is 0 Å². The standard InChI is InChI=1S/C47H26N4/c48-27-29-14-17-31(18-15-29)47-46-38-13-7-5-11-36(38)35-10-4-6-12-37(35)45(46)39-21-19-33(26-42(39)50-47)32-20-23-44-41(25-32)40-24-30(28-49)16-22-43(40)51(44)34-8-2-1-3-9-34/h1-26H. The Kier molecular flexibility index (Phi) is 6.27. The third-order valence-corrected chi connectivity index (χ3v) is 10.2. The van der Waals surface area contributed by atoms with E-state index in [0.717, 1.165) is 71.6 Å². The second kappa shape index (κ2) is 11.1. The molecule has 0 spiro atoms. The molecule has 4 nitrogen and oxygen atoms in total. The van der Waals surface area contributed by atoms with Crippen LogP contribution >= 0.6 is 0 Å². The van der Waals surface area contributed by atoms with Gasteiger partial charge in [-0.25, -0.2) is 4.98 Å². The monoisotopic (exact) mass is 646 g/mol. The SMILES string of the molecule is N#Cc1ccc(-c2nc3cc(-c4ccc5c(c4)c4cc(C#N)ccc4n5-c4ccccc4)ccc3c3c4ccccc4c4ccccc4c23)cc1. The van der Waals surface area contributed by atoms with Crippen LogP contribution < -0.4 is 0 Å². The lowest BCUT2D eigenvalue weighted by Crippen LogP contribution is -1.94. The maximum Gasteiger partial charge on any atom is 0.0991 e. The van der Waals surface area contributed by atoms with Gasteiger partial charge in [0.05, 0.1) is 45.5 Å². The highest BCUT2D eigenvalue weighted by molar-refractivity contribution is 6.33. The van der Waals surface area contributed by atoms with Crippen molar-refractivity contribution in [1.82, 2.24) is 9.55 Å². The number of hydrogen-bond acceptors (Lipinski definition) is 3. The van der Waals surface area contributed by atoms with Crippen LogP contribution in [-0.4, -0.2) is 9.55 Å². The zero-order valence-corrected chi connectivity index (χ0v) is 27.3. The summed E-state index contributed by atoms with van der Waals surface area (Å²) < 4.78 is 2.27. The van der Waals surface area contributed by atoms with Gasteiger partial charge in [0, 0.05) is 38.2 Å². The lowest BCUT2D eigenvalue weighted by atomic mass is 9.89. The first-order chi connectivity index (χ1) is 25.2. The first-order valence-electron chi connectivity index (χ1n) is 16.9. The van der Waals surface area contributed by atoms with Gasteiger partial charge < -0.3 is 4.57 Å². The first kappa shape index (κ1) is 28.7. The molecule has 51 heavy (non-hydrogen) atoms. The molecule has 0 aliphatic heterocycles. The third-order valence-electron chi connectivity index (χ3n) is 10.2. The Morgan fingerprint density at radius 1 is 0.412 bits per heavy atom. The summed E-state index contributed by atoms with van der Waals surface area (Å²) in [6.07, 6.45) is 0. The van der Waals surface area contributed by atoms with Gasteiger partial charge in [-0.15, -0.1) is 0 Å². The average molecular weight is 647 g/mol. The minimum absolute atomic E-state index is 0.618. The molecule has 0 amide bonds. The molecule has 0 saturated carbocycles. The van der Waals surface area contributed by atoms with Crippen LogP contribution in [0.2, 0.25) is 0 Å². The van der Waals surface area contributed by atoms with Crippen LogP contribution in [0.1, 0.15) is 11.1 Å². The Labute approximate surface area is 293 Å². The Balaban J connectivity index is 1.27. The van der Waals surface area contributed by atoms with Crippen molar-refractivity contribution in [3.8, 4) is 40.2 Å². The number of para-hydroxylation sites is 1. The third kappa shape index (κ3) is 4.34. The van der Waals surface area contributed by atoms with E-state index in [1.165, 1.54) is 21.5 Å². The molecule has 4 heteroatoms. The van der Waals surface area contributed by atoms with Crippen molar-refractivity contribution in [3.63, 3.8) is 0 Å². The first-order valence-corrected chi connectivity index (χ1v) is 16.9. The molecule has 0 fully saturated rings. The summed E-state index contributed by atoms with van der Waals surface area (Å²) in [5, 5.41) is 29.6. The lowest BCUT2D eigenvalue weighted by molar-refractivity contribution is 1.18. The van der Waals surface area contributed by atoms with E-state index in [1.807, 2.05) is 48.5 Å². The molecule has 10 aromatic rings. The van der Waals surface area contributed by atoms with Gasteiger partial charge in [0.2, 0.25) is 0 Å². The summed E-state index contributed by atoms with van der Waals surface area (Å²) >= 11 is 0. The van der Waals surface area contributed by atoms with Crippen LogP contribution in [0, 0.1) is 22.7 Å². The quantitative estimate of drug-likeness (QED) is 0.179. The fourth-order valence-corrected chi connectivity index (χ4v) is 7.90. The zero-order chi connectivity index (χ0) is 34.1. The number of nitriles is 2. The Hall–Kier alpha value is -7.27. The van der Waals surface area contributed by atoms with Crippen LogP contribution in [-0.2, 0) is 0 Å². The van der Waals surface area contributed by atoms with Crippen molar-refractivity contribution in [2.24, 2.45) is 0 Å². The summed E-state index contributed by atoms with van der Waals surface area (Å²) in [6, 6.07) is 59.0. The van der Waals surface area contributed by atoms with Crippen LogP contribution in [0.25, 0.3) is 93.1 Å². The molecule has 2 aromatic heterocycles. The number of nitrogens with zero attached hydrogens (tertiary/aromatic N) is 4. The predicted molar refractivity (Wildman–Crippen MR) is 209 cm³/mol. The molecule has 0 radical (unpaired) electrons. The highest BCUT2D eigenvalue weighted by Crippen LogP contribution is 2.44. The van der Waals surface area contributed by atoms with Crippen molar-refractivity contribution < 1.29 is 0 Å². The van der Waals surface area contributed by atoms with Crippen molar-refractivity contribution in [2.75, 3.05) is 0 Å². The van der Waals surface area contributed by atoms with Crippen molar-refractivity contribution >= 4 is 65.0 Å². The number of hydrogen-bond donors (Lipinski definition) is 0. The second-order valence-corrected chi connectivity index (χ2v) is 13.0. The van der Waals surface area contributed by atoms with Gasteiger partial charge in [0.1, 0.15) is 0 Å². The van der Waals surface area contributed by atoms with E-state index < -0.39 is 0 Å². The van der Waals surface area contributed by atoms with E-state index in [1.54, 1.807) is 0 Å². The maximum absolute atomic E-state index is 9.78. The highest BCUT2D eigenvalue weighted by atomic mass is 15.0. The molecule has 0 N–H and O–H groups in total. The number of aromatic nitrogens is 2. The van der Waals surface area contributed by atoms with E-state index in [2.05, 4.69) is 126 Å². The largest absolute Gasteiger partial charge is 0.309 e. The van der Waals surface area contributed by atoms with E-state index in [9.17, 15) is 10.5 Å². The zero-order valence-electron chi connectivity index (χ0n) is 27.3. The van der Waals surface area contributed by atoms with Crippen molar-refractivity contribution in [2.45, 2.75) is 0 Å².